The van der Waals surface area contributed by atoms with Crippen LogP contribution in [0.5, 0.6) is 11.5 Å². The van der Waals surface area contributed by atoms with E-state index < -0.39 is 11.8 Å². The lowest BCUT2D eigenvalue weighted by molar-refractivity contribution is -0.120. The SMILES string of the molecule is COc1cc(C(=O)NNC(=O)CNC(=O)c2cccs2)ccc1OCCC(C)C. The minimum atomic E-state index is -0.552. The second-order valence-corrected chi connectivity index (χ2v) is 7.51. The maximum atomic E-state index is 12.2. The number of thiophene rings is 1. The van der Waals surface area contributed by atoms with Crippen LogP contribution in [0.3, 0.4) is 0 Å². The van der Waals surface area contributed by atoms with Gasteiger partial charge in [0.05, 0.1) is 25.1 Å². The predicted octanol–water partition coefficient (Wildman–Crippen LogP) is 2.37. The number of methoxy groups -OCH3 is 1. The van der Waals surface area contributed by atoms with Crippen LogP contribution in [0, 0.1) is 5.92 Å². The largest absolute Gasteiger partial charge is 0.493 e. The van der Waals surface area contributed by atoms with Gasteiger partial charge in [-0.05, 0) is 42.0 Å². The summed E-state index contributed by atoms with van der Waals surface area (Å²) in [4.78, 5) is 36.4. The van der Waals surface area contributed by atoms with Gasteiger partial charge in [-0.3, -0.25) is 25.2 Å². The lowest BCUT2D eigenvalue weighted by Crippen LogP contribution is -2.46. The van der Waals surface area contributed by atoms with Crippen molar-refractivity contribution in [1.82, 2.24) is 16.2 Å². The Labute approximate surface area is 173 Å². The van der Waals surface area contributed by atoms with Gasteiger partial charge >= 0.3 is 0 Å². The van der Waals surface area contributed by atoms with Crippen LogP contribution in [0.25, 0.3) is 0 Å². The molecule has 0 atom stereocenters. The second-order valence-electron chi connectivity index (χ2n) is 6.56. The Hall–Kier alpha value is -3.07. The highest BCUT2D eigenvalue weighted by molar-refractivity contribution is 7.12. The predicted molar refractivity (Wildman–Crippen MR) is 110 cm³/mol. The zero-order chi connectivity index (χ0) is 21.2. The first-order valence-corrected chi connectivity index (χ1v) is 10.0. The summed E-state index contributed by atoms with van der Waals surface area (Å²) in [6.07, 6.45) is 0.903. The average molecular weight is 420 g/mol. The molecule has 2 rings (SSSR count). The lowest BCUT2D eigenvalue weighted by Gasteiger charge is -2.13. The van der Waals surface area contributed by atoms with Crippen LogP contribution in [0.15, 0.2) is 35.7 Å². The smallest absolute Gasteiger partial charge is 0.269 e. The van der Waals surface area contributed by atoms with E-state index in [1.54, 1.807) is 29.6 Å². The van der Waals surface area contributed by atoms with E-state index >= 15 is 0 Å². The van der Waals surface area contributed by atoms with E-state index in [0.717, 1.165) is 6.42 Å². The summed E-state index contributed by atoms with van der Waals surface area (Å²) in [5, 5.41) is 4.24. The molecule has 0 unspecified atom stereocenters. The van der Waals surface area contributed by atoms with E-state index in [1.807, 2.05) is 0 Å². The van der Waals surface area contributed by atoms with Gasteiger partial charge in [0, 0.05) is 5.56 Å². The van der Waals surface area contributed by atoms with Crippen LogP contribution in [0.2, 0.25) is 0 Å². The molecule has 0 saturated heterocycles. The minimum absolute atomic E-state index is 0.261. The molecule has 29 heavy (non-hydrogen) atoms. The van der Waals surface area contributed by atoms with Crippen molar-refractivity contribution in [1.29, 1.82) is 0 Å². The number of nitrogens with one attached hydrogen (secondary N) is 3. The molecule has 2 aromatic rings. The van der Waals surface area contributed by atoms with Crippen molar-refractivity contribution in [2.24, 2.45) is 5.92 Å². The van der Waals surface area contributed by atoms with Gasteiger partial charge in [0.2, 0.25) is 0 Å². The van der Waals surface area contributed by atoms with Crippen molar-refractivity contribution < 1.29 is 23.9 Å². The molecule has 0 saturated carbocycles. The molecule has 0 aliphatic heterocycles. The van der Waals surface area contributed by atoms with Crippen molar-refractivity contribution >= 4 is 29.1 Å². The topological polar surface area (TPSA) is 106 Å². The zero-order valence-corrected chi connectivity index (χ0v) is 17.4. The monoisotopic (exact) mass is 419 g/mol. The van der Waals surface area contributed by atoms with Gasteiger partial charge in [0.15, 0.2) is 11.5 Å². The lowest BCUT2D eigenvalue weighted by atomic mass is 10.1. The van der Waals surface area contributed by atoms with E-state index in [2.05, 4.69) is 30.0 Å². The van der Waals surface area contributed by atoms with Crippen molar-refractivity contribution in [3.8, 4) is 11.5 Å². The number of hydrogen-bond donors (Lipinski definition) is 3. The number of amides is 3. The molecule has 0 radical (unpaired) electrons. The van der Waals surface area contributed by atoms with Gasteiger partial charge in [0.1, 0.15) is 0 Å². The van der Waals surface area contributed by atoms with Gasteiger partial charge in [-0.25, -0.2) is 0 Å². The summed E-state index contributed by atoms with van der Waals surface area (Å²) in [7, 11) is 1.49. The first-order chi connectivity index (χ1) is 13.9. The molecule has 8 nitrogen and oxygen atoms in total. The third-order valence-electron chi connectivity index (χ3n) is 3.85. The molecule has 3 N–H and O–H groups in total. The number of benzene rings is 1. The molecule has 1 heterocycles. The van der Waals surface area contributed by atoms with Gasteiger partial charge in [-0.15, -0.1) is 11.3 Å². The third kappa shape index (κ3) is 7.11. The molecule has 0 spiro atoms. The van der Waals surface area contributed by atoms with Gasteiger partial charge < -0.3 is 14.8 Å². The Kier molecular flexibility index (Phi) is 8.47. The van der Waals surface area contributed by atoms with E-state index in [9.17, 15) is 14.4 Å². The molecule has 156 valence electrons. The highest BCUT2D eigenvalue weighted by Gasteiger charge is 2.13. The van der Waals surface area contributed by atoms with E-state index in [4.69, 9.17) is 9.47 Å². The quantitative estimate of drug-likeness (QED) is 0.541. The molecule has 9 heteroatoms. The standard InChI is InChI=1S/C20H25N3O5S/c1-13(2)8-9-28-15-7-6-14(11-16(15)27-3)19(25)23-22-18(24)12-21-20(26)17-5-4-10-29-17/h4-7,10-11,13H,8-9,12H2,1-3H3,(H,21,26)(H,22,24)(H,23,25). The molecule has 0 aliphatic rings. The first-order valence-electron chi connectivity index (χ1n) is 9.12. The second kappa shape index (κ2) is 11.1. The van der Waals surface area contributed by atoms with E-state index in [-0.39, 0.29) is 12.5 Å². The summed E-state index contributed by atoms with van der Waals surface area (Å²) in [6, 6.07) is 8.16. The number of hydrogen-bond acceptors (Lipinski definition) is 6. The fraction of sp³-hybridized carbons (Fsp3) is 0.350. The summed E-state index contributed by atoms with van der Waals surface area (Å²) >= 11 is 1.27. The van der Waals surface area contributed by atoms with Crippen LogP contribution in [-0.2, 0) is 4.79 Å². The van der Waals surface area contributed by atoms with Crippen molar-refractivity contribution in [3.05, 3.63) is 46.2 Å². The highest BCUT2D eigenvalue weighted by Crippen LogP contribution is 2.28. The van der Waals surface area contributed by atoms with Crippen LogP contribution >= 0.6 is 11.3 Å². The Bertz CT molecular complexity index is 837. The molecular formula is C20H25N3O5S. The summed E-state index contributed by atoms with van der Waals surface area (Å²) in [5.74, 6) is 0.0730. The highest BCUT2D eigenvalue weighted by atomic mass is 32.1. The summed E-state index contributed by atoms with van der Waals surface area (Å²) < 4.78 is 11.0. The van der Waals surface area contributed by atoms with Crippen LogP contribution in [-0.4, -0.2) is 38.0 Å². The number of hydrazine groups is 1. The molecule has 1 aromatic heterocycles. The normalized spacial score (nSPS) is 10.3. The molecule has 0 bridgehead atoms. The summed E-state index contributed by atoms with van der Waals surface area (Å²) in [5.41, 5.74) is 4.85. The van der Waals surface area contributed by atoms with Crippen LogP contribution in [0.1, 0.15) is 40.3 Å². The van der Waals surface area contributed by atoms with Crippen molar-refractivity contribution in [2.75, 3.05) is 20.3 Å². The zero-order valence-electron chi connectivity index (χ0n) is 16.6. The molecule has 3 amide bonds. The Morgan fingerprint density at radius 3 is 2.52 bits per heavy atom. The average Bonchev–Trinajstić information content (AvgIpc) is 3.25. The maximum absolute atomic E-state index is 12.2. The number of rotatable bonds is 9. The molecular weight excluding hydrogens is 394 g/mol. The van der Waals surface area contributed by atoms with Crippen molar-refractivity contribution in [3.63, 3.8) is 0 Å². The molecule has 0 aliphatic carbocycles. The number of carbonyl (C=O) groups excluding carboxylic acids is 3. The fourth-order valence-corrected chi connectivity index (χ4v) is 2.87. The number of ether oxygens (including phenoxy) is 2. The molecule has 0 fully saturated rings. The maximum Gasteiger partial charge on any atom is 0.269 e. The Morgan fingerprint density at radius 1 is 1.07 bits per heavy atom. The summed E-state index contributed by atoms with van der Waals surface area (Å²) in [6.45, 7) is 4.50. The first kappa shape index (κ1) is 22.2. The van der Waals surface area contributed by atoms with Gasteiger partial charge in [-0.2, -0.15) is 0 Å². The Balaban J connectivity index is 1.83. The van der Waals surface area contributed by atoms with Crippen LogP contribution < -0.4 is 25.6 Å². The Morgan fingerprint density at radius 2 is 1.86 bits per heavy atom. The minimum Gasteiger partial charge on any atom is -0.493 e. The van der Waals surface area contributed by atoms with Crippen LogP contribution in [0.4, 0.5) is 0 Å². The van der Waals surface area contributed by atoms with Gasteiger partial charge in [0.25, 0.3) is 17.7 Å². The van der Waals surface area contributed by atoms with Gasteiger partial charge in [-0.1, -0.05) is 19.9 Å². The van der Waals surface area contributed by atoms with E-state index in [1.165, 1.54) is 24.5 Å². The molecule has 1 aromatic carbocycles. The number of carbonyl (C=O) groups is 3. The third-order valence-corrected chi connectivity index (χ3v) is 4.72. The van der Waals surface area contributed by atoms with Crippen molar-refractivity contribution in [2.45, 2.75) is 20.3 Å². The van der Waals surface area contributed by atoms with E-state index in [0.29, 0.717) is 34.5 Å². The fourth-order valence-electron chi connectivity index (χ4n) is 2.23.